The fraction of sp³-hybridized carbons (Fsp3) is 0.462. The topological polar surface area (TPSA) is 84.7 Å². The number of carbonyl (C=O) groups is 1. The van der Waals surface area contributed by atoms with Crippen LogP contribution in [0.15, 0.2) is 22.7 Å². The highest BCUT2D eigenvalue weighted by molar-refractivity contribution is 9.10. The van der Waals surface area contributed by atoms with Crippen molar-refractivity contribution in [3.8, 4) is 0 Å². The average Bonchev–Trinajstić information content (AvgIpc) is 2.47. The molecule has 1 fully saturated rings. The molecule has 114 valence electrons. The number of anilines is 1. The molecule has 1 aromatic carbocycles. The summed E-state index contributed by atoms with van der Waals surface area (Å²) in [5, 5.41) is 14.0. The normalized spacial score (nSPS) is 16.4. The van der Waals surface area contributed by atoms with Crippen LogP contribution in [0, 0.1) is 10.1 Å². The Balaban J connectivity index is 2.11. The first-order valence-corrected chi connectivity index (χ1v) is 7.35. The molecule has 8 heteroatoms. The van der Waals surface area contributed by atoms with Gasteiger partial charge in [0.2, 0.25) is 5.91 Å². The Morgan fingerprint density at radius 2 is 2.14 bits per heavy atom. The number of amides is 1. The van der Waals surface area contributed by atoms with Gasteiger partial charge in [-0.25, -0.2) is 0 Å². The second kappa shape index (κ2) is 6.86. The van der Waals surface area contributed by atoms with Crippen LogP contribution in [0.2, 0.25) is 0 Å². The van der Waals surface area contributed by atoms with Gasteiger partial charge in [-0.1, -0.05) is 15.9 Å². The Labute approximate surface area is 130 Å². The lowest BCUT2D eigenvalue weighted by atomic mass is 10.2. The largest absolute Gasteiger partial charge is 0.378 e. The molecular formula is C13H16BrN3O4. The Kier molecular flexibility index (Phi) is 5.13. The summed E-state index contributed by atoms with van der Waals surface area (Å²) in [4.78, 5) is 24.5. The summed E-state index contributed by atoms with van der Waals surface area (Å²) in [7, 11) is 0. The number of nitrogens with zero attached hydrogens (tertiary/aromatic N) is 2. The lowest BCUT2D eigenvalue weighted by Gasteiger charge is -2.29. The summed E-state index contributed by atoms with van der Waals surface area (Å²) in [6, 6.07) is 4.05. The minimum Gasteiger partial charge on any atom is -0.378 e. The molecule has 1 N–H and O–H groups in total. The lowest BCUT2D eigenvalue weighted by molar-refractivity contribution is -0.384. The van der Waals surface area contributed by atoms with Gasteiger partial charge in [0.1, 0.15) is 11.7 Å². The van der Waals surface area contributed by atoms with Crippen molar-refractivity contribution >= 4 is 33.2 Å². The van der Waals surface area contributed by atoms with Crippen molar-refractivity contribution in [1.29, 1.82) is 0 Å². The molecule has 2 rings (SSSR count). The predicted molar refractivity (Wildman–Crippen MR) is 81.3 cm³/mol. The Morgan fingerprint density at radius 3 is 2.76 bits per heavy atom. The van der Waals surface area contributed by atoms with Crippen molar-refractivity contribution in [3.63, 3.8) is 0 Å². The molecule has 1 unspecified atom stereocenters. The molecule has 0 aliphatic carbocycles. The number of rotatable bonds is 4. The predicted octanol–water partition coefficient (Wildman–Crippen LogP) is 2.02. The fourth-order valence-electron chi connectivity index (χ4n) is 2.14. The van der Waals surface area contributed by atoms with E-state index in [1.54, 1.807) is 24.0 Å². The first-order valence-electron chi connectivity index (χ1n) is 6.56. The number of hydrogen-bond donors (Lipinski definition) is 1. The Hall–Kier alpha value is -1.67. The fourth-order valence-corrected chi connectivity index (χ4v) is 2.50. The number of nitro benzene ring substituents is 1. The summed E-state index contributed by atoms with van der Waals surface area (Å²) >= 11 is 3.27. The quantitative estimate of drug-likeness (QED) is 0.658. The maximum atomic E-state index is 12.3. The number of hydrogen-bond acceptors (Lipinski definition) is 5. The molecule has 1 aliphatic rings. The number of halogens is 1. The average molecular weight is 358 g/mol. The first-order chi connectivity index (χ1) is 9.99. The van der Waals surface area contributed by atoms with Gasteiger partial charge >= 0.3 is 0 Å². The summed E-state index contributed by atoms with van der Waals surface area (Å²) in [5.41, 5.74) is 0.267. The van der Waals surface area contributed by atoms with Gasteiger partial charge in [0.05, 0.1) is 18.1 Å². The summed E-state index contributed by atoms with van der Waals surface area (Å²) < 4.78 is 5.91. The molecule has 21 heavy (non-hydrogen) atoms. The van der Waals surface area contributed by atoms with E-state index < -0.39 is 11.0 Å². The molecule has 0 radical (unpaired) electrons. The van der Waals surface area contributed by atoms with Gasteiger partial charge in [-0.2, -0.15) is 0 Å². The first kappa shape index (κ1) is 15.7. The summed E-state index contributed by atoms with van der Waals surface area (Å²) in [6.07, 6.45) is 0. The van der Waals surface area contributed by atoms with Crippen LogP contribution in [0.25, 0.3) is 0 Å². The number of ether oxygens (including phenoxy) is 1. The highest BCUT2D eigenvalue weighted by Gasteiger charge is 2.24. The third-order valence-electron chi connectivity index (χ3n) is 3.22. The number of nitro groups is 1. The zero-order valence-electron chi connectivity index (χ0n) is 11.5. The van der Waals surface area contributed by atoms with Gasteiger partial charge in [-0.3, -0.25) is 14.9 Å². The zero-order chi connectivity index (χ0) is 15.4. The second-order valence-electron chi connectivity index (χ2n) is 4.72. The monoisotopic (exact) mass is 357 g/mol. The highest BCUT2D eigenvalue weighted by Crippen LogP contribution is 2.28. The van der Waals surface area contributed by atoms with E-state index >= 15 is 0 Å². The smallest absolute Gasteiger partial charge is 0.292 e. The van der Waals surface area contributed by atoms with Crippen LogP contribution < -0.4 is 5.32 Å². The van der Waals surface area contributed by atoms with Crippen molar-refractivity contribution in [1.82, 2.24) is 4.90 Å². The second-order valence-corrected chi connectivity index (χ2v) is 5.64. The molecule has 7 nitrogen and oxygen atoms in total. The van der Waals surface area contributed by atoms with Crippen LogP contribution in [0.1, 0.15) is 6.92 Å². The minimum atomic E-state index is -0.545. The number of carbonyl (C=O) groups excluding carboxylic acids is 1. The minimum absolute atomic E-state index is 0.0557. The summed E-state index contributed by atoms with van der Waals surface area (Å²) in [5.74, 6) is -0.0902. The van der Waals surface area contributed by atoms with Crippen LogP contribution >= 0.6 is 15.9 Å². The standard InChI is InChI=1S/C13H16BrN3O4/c1-9(13(18)16-4-6-21-7-5-16)15-11-8-10(14)2-3-12(11)17(19)20/h2-3,8-9,15H,4-7H2,1H3. The van der Waals surface area contributed by atoms with E-state index in [4.69, 9.17) is 4.74 Å². The highest BCUT2D eigenvalue weighted by atomic mass is 79.9. The lowest BCUT2D eigenvalue weighted by Crippen LogP contribution is -2.47. The molecule has 1 amide bonds. The zero-order valence-corrected chi connectivity index (χ0v) is 13.1. The number of morpholine rings is 1. The Morgan fingerprint density at radius 1 is 1.48 bits per heavy atom. The van der Waals surface area contributed by atoms with Crippen molar-refractivity contribution in [2.24, 2.45) is 0 Å². The molecular weight excluding hydrogens is 342 g/mol. The third-order valence-corrected chi connectivity index (χ3v) is 3.71. The van der Waals surface area contributed by atoms with Gasteiger partial charge in [0, 0.05) is 23.6 Å². The van der Waals surface area contributed by atoms with E-state index in [0.717, 1.165) is 0 Å². The van der Waals surface area contributed by atoms with E-state index in [1.165, 1.54) is 6.07 Å². The van der Waals surface area contributed by atoms with Gasteiger partial charge in [-0.15, -0.1) is 0 Å². The van der Waals surface area contributed by atoms with Crippen molar-refractivity contribution in [3.05, 3.63) is 32.8 Å². The van der Waals surface area contributed by atoms with Crippen molar-refractivity contribution in [2.75, 3.05) is 31.6 Å². The van der Waals surface area contributed by atoms with Crippen molar-refractivity contribution in [2.45, 2.75) is 13.0 Å². The Bertz CT molecular complexity index is 546. The van der Waals surface area contributed by atoms with E-state index in [9.17, 15) is 14.9 Å². The van der Waals surface area contributed by atoms with Crippen LogP contribution in [0.3, 0.4) is 0 Å². The molecule has 0 spiro atoms. The molecule has 1 heterocycles. The van der Waals surface area contributed by atoms with E-state index in [1.807, 2.05) is 0 Å². The molecule has 0 bridgehead atoms. The number of nitrogens with one attached hydrogen (secondary N) is 1. The molecule has 1 aromatic rings. The van der Waals surface area contributed by atoms with Gasteiger partial charge in [-0.05, 0) is 19.1 Å². The maximum absolute atomic E-state index is 12.3. The van der Waals surface area contributed by atoms with Crippen molar-refractivity contribution < 1.29 is 14.5 Å². The van der Waals surface area contributed by atoms with Gasteiger partial charge in [0.15, 0.2) is 0 Å². The van der Waals surface area contributed by atoms with Crippen LogP contribution in [-0.4, -0.2) is 48.1 Å². The van der Waals surface area contributed by atoms with E-state index in [-0.39, 0.29) is 11.6 Å². The van der Waals surface area contributed by atoms with Crippen LogP contribution in [-0.2, 0) is 9.53 Å². The molecule has 0 aromatic heterocycles. The van der Waals surface area contributed by atoms with Crippen LogP contribution in [0.5, 0.6) is 0 Å². The molecule has 1 atom stereocenters. The van der Waals surface area contributed by atoms with E-state index in [2.05, 4.69) is 21.2 Å². The summed E-state index contributed by atoms with van der Waals surface area (Å²) in [6.45, 7) is 3.84. The van der Waals surface area contributed by atoms with E-state index in [0.29, 0.717) is 36.5 Å². The SMILES string of the molecule is CC(Nc1cc(Br)ccc1[N+](=O)[O-])C(=O)N1CCOCC1. The van der Waals surface area contributed by atoms with Gasteiger partial charge in [0.25, 0.3) is 5.69 Å². The maximum Gasteiger partial charge on any atom is 0.292 e. The molecule has 1 aliphatic heterocycles. The van der Waals surface area contributed by atoms with Gasteiger partial charge < -0.3 is 15.0 Å². The third kappa shape index (κ3) is 3.92. The molecule has 0 saturated carbocycles. The molecule has 1 saturated heterocycles. The number of benzene rings is 1. The van der Waals surface area contributed by atoms with Crippen LogP contribution in [0.4, 0.5) is 11.4 Å².